The van der Waals surface area contributed by atoms with Crippen LogP contribution in [0.5, 0.6) is 0 Å². The summed E-state index contributed by atoms with van der Waals surface area (Å²) in [7, 11) is 0. The van der Waals surface area contributed by atoms with Gasteiger partial charge in [0.2, 0.25) is 0 Å². The molecule has 0 unspecified atom stereocenters. The van der Waals surface area contributed by atoms with Crippen LogP contribution in [0.15, 0.2) is 10.6 Å². The second-order valence-corrected chi connectivity index (χ2v) is 4.66. The summed E-state index contributed by atoms with van der Waals surface area (Å²) < 4.78 is 10.2. The number of amides is 2. The van der Waals surface area contributed by atoms with Gasteiger partial charge in [0.1, 0.15) is 5.76 Å². The minimum atomic E-state index is -0.270. The Kier molecular flexibility index (Phi) is 4.75. The first-order valence-electron chi connectivity index (χ1n) is 6.45. The summed E-state index contributed by atoms with van der Waals surface area (Å²) in [6, 6.07) is 1.69. The van der Waals surface area contributed by atoms with Crippen molar-refractivity contribution >= 4 is 11.8 Å². The van der Waals surface area contributed by atoms with E-state index in [4.69, 9.17) is 9.26 Å². The Bertz CT molecular complexity index is 415. The fourth-order valence-corrected chi connectivity index (χ4v) is 1.97. The zero-order valence-corrected chi connectivity index (χ0v) is 11.3. The maximum Gasteiger partial charge on any atom is 0.320 e. The Labute approximate surface area is 112 Å². The number of hydrogen-bond acceptors (Lipinski definition) is 5. The van der Waals surface area contributed by atoms with Crippen LogP contribution in [-0.2, 0) is 4.74 Å². The molecule has 0 spiro atoms. The summed E-state index contributed by atoms with van der Waals surface area (Å²) in [5.41, 5.74) is 0. The van der Waals surface area contributed by atoms with E-state index >= 15 is 0 Å². The Hall–Kier alpha value is -1.60. The molecule has 1 aromatic rings. The molecule has 7 heteroatoms. The fourth-order valence-electron chi connectivity index (χ4n) is 1.97. The Morgan fingerprint density at radius 3 is 2.89 bits per heavy atom. The number of hydrogen-bond donors (Lipinski definition) is 2. The number of anilines is 1. The maximum atomic E-state index is 11.7. The van der Waals surface area contributed by atoms with E-state index in [0.717, 1.165) is 26.3 Å². The number of ether oxygens (including phenoxy) is 1. The van der Waals surface area contributed by atoms with Crippen LogP contribution in [0.25, 0.3) is 0 Å². The lowest BCUT2D eigenvalue weighted by molar-refractivity contribution is 0.0209. The summed E-state index contributed by atoms with van der Waals surface area (Å²) in [5, 5.41) is 9.14. The van der Waals surface area contributed by atoms with Gasteiger partial charge in [-0.3, -0.25) is 10.2 Å². The van der Waals surface area contributed by atoms with Crippen LogP contribution in [0.1, 0.15) is 12.7 Å². The number of aryl methyl sites for hydroxylation is 1. The molecule has 2 amide bonds. The first kappa shape index (κ1) is 13.8. The SMILES string of the molecule is Cc1cc(NC(=O)NC[C@H](C)N2CCOCC2)no1. The lowest BCUT2D eigenvalue weighted by Gasteiger charge is -2.32. The van der Waals surface area contributed by atoms with Gasteiger partial charge in [-0.05, 0) is 13.8 Å². The van der Waals surface area contributed by atoms with Gasteiger partial charge in [0.25, 0.3) is 0 Å². The van der Waals surface area contributed by atoms with Crippen molar-refractivity contribution in [2.24, 2.45) is 0 Å². The number of nitrogens with zero attached hydrogens (tertiary/aromatic N) is 2. The standard InChI is InChI=1S/C12H20N4O3/c1-9(16-3-5-18-6-4-16)8-13-12(17)14-11-7-10(2)19-15-11/h7,9H,3-6,8H2,1-2H3,(H2,13,14,15,17)/t9-/m0/s1. The van der Waals surface area contributed by atoms with Crippen molar-refractivity contribution in [2.45, 2.75) is 19.9 Å². The molecular weight excluding hydrogens is 248 g/mol. The molecule has 2 rings (SSSR count). The quantitative estimate of drug-likeness (QED) is 0.845. The van der Waals surface area contributed by atoms with Gasteiger partial charge in [-0.25, -0.2) is 4.79 Å². The third kappa shape index (κ3) is 4.22. The first-order valence-corrected chi connectivity index (χ1v) is 6.45. The first-order chi connectivity index (χ1) is 9.15. The monoisotopic (exact) mass is 268 g/mol. The fraction of sp³-hybridized carbons (Fsp3) is 0.667. The highest BCUT2D eigenvalue weighted by molar-refractivity contribution is 5.88. The predicted octanol–water partition coefficient (Wildman–Crippen LogP) is 0.825. The molecule has 1 aliphatic heterocycles. The molecule has 1 fully saturated rings. The van der Waals surface area contributed by atoms with Crippen LogP contribution in [0.4, 0.5) is 10.6 Å². The number of morpholine rings is 1. The molecule has 0 bridgehead atoms. The van der Waals surface area contributed by atoms with Gasteiger partial charge in [0.05, 0.1) is 13.2 Å². The van der Waals surface area contributed by atoms with Crippen LogP contribution in [0.3, 0.4) is 0 Å². The Morgan fingerprint density at radius 1 is 1.53 bits per heavy atom. The largest absolute Gasteiger partial charge is 0.379 e. The van der Waals surface area contributed by atoms with Crippen molar-refractivity contribution in [1.82, 2.24) is 15.4 Å². The van der Waals surface area contributed by atoms with Crippen LogP contribution in [-0.4, -0.2) is 55.0 Å². The molecule has 0 radical (unpaired) electrons. The van der Waals surface area contributed by atoms with E-state index in [1.165, 1.54) is 0 Å². The normalized spacial score (nSPS) is 18.0. The summed E-state index contributed by atoms with van der Waals surface area (Å²) in [5.74, 6) is 1.09. The third-order valence-corrected chi connectivity index (χ3v) is 3.10. The number of aromatic nitrogens is 1. The molecule has 2 heterocycles. The molecule has 0 aromatic carbocycles. The number of rotatable bonds is 4. The van der Waals surface area contributed by atoms with E-state index in [1.807, 2.05) is 0 Å². The molecule has 0 aliphatic carbocycles. The Morgan fingerprint density at radius 2 is 2.26 bits per heavy atom. The number of carbonyl (C=O) groups excluding carboxylic acids is 1. The lowest BCUT2D eigenvalue weighted by atomic mass is 10.2. The van der Waals surface area contributed by atoms with Crippen LogP contribution in [0.2, 0.25) is 0 Å². The van der Waals surface area contributed by atoms with Crippen molar-refractivity contribution in [1.29, 1.82) is 0 Å². The molecule has 1 saturated heterocycles. The Balaban J connectivity index is 1.70. The maximum absolute atomic E-state index is 11.7. The smallest absolute Gasteiger partial charge is 0.320 e. The minimum Gasteiger partial charge on any atom is -0.379 e. The molecule has 1 atom stereocenters. The van der Waals surface area contributed by atoms with Gasteiger partial charge < -0.3 is 14.6 Å². The summed E-state index contributed by atoms with van der Waals surface area (Å²) >= 11 is 0. The van der Waals surface area contributed by atoms with E-state index in [-0.39, 0.29) is 12.1 Å². The lowest BCUT2D eigenvalue weighted by Crippen LogP contribution is -2.47. The zero-order valence-electron chi connectivity index (χ0n) is 11.3. The number of carbonyl (C=O) groups is 1. The second-order valence-electron chi connectivity index (χ2n) is 4.66. The van der Waals surface area contributed by atoms with Gasteiger partial charge in [-0.15, -0.1) is 0 Å². The van der Waals surface area contributed by atoms with Crippen molar-refractivity contribution in [2.75, 3.05) is 38.2 Å². The molecule has 106 valence electrons. The van der Waals surface area contributed by atoms with Gasteiger partial charge >= 0.3 is 6.03 Å². The van der Waals surface area contributed by atoms with Gasteiger partial charge in [-0.1, -0.05) is 5.16 Å². The summed E-state index contributed by atoms with van der Waals surface area (Å²) in [6.07, 6.45) is 0. The zero-order chi connectivity index (χ0) is 13.7. The van der Waals surface area contributed by atoms with Crippen molar-refractivity contribution in [3.8, 4) is 0 Å². The topological polar surface area (TPSA) is 79.6 Å². The molecular formula is C12H20N4O3. The van der Waals surface area contributed by atoms with Gasteiger partial charge in [0.15, 0.2) is 5.82 Å². The molecule has 19 heavy (non-hydrogen) atoms. The van der Waals surface area contributed by atoms with E-state index < -0.39 is 0 Å². The van der Waals surface area contributed by atoms with Crippen LogP contribution < -0.4 is 10.6 Å². The van der Waals surface area contributed by atoms with Crippen molar-refractivity contribution in [3.05, 3.63) is 11.8 Å². The summed E-state index contributed by atoms with van der Waals surface area (Å²) in [4.78, 5) is 14.0. The summed E-state index contributed by atoms with van der Waals surface area (Å²) in [6.45, 7) is 7.79. The van der Waals surface area contributed by atoms with E-state index in [1.54, 1.807) is 13.0 Å². The molecule has 1 aliphatic rings. The molecule has 2 N–H and O–H groups in total. The molecule has 1 aromatic heterocycles. The van der Waals surface area contributed by atoms with Crippen LogP contribution in [0, 0.1) is 6.92 Å². The molecule has 0 saturated carbocycles. The number of nitrogens with one attached hydrogen (secondary N) is 2. The third-order valence-electron chi connectivity index (χ3n) is 3.10. The predicted molar refractivity (Wildman–Crippen MR) is 70.1 cm³/mol. The van der Waals surface area contributed by atoms with E-state index in [2.05, 4.69) is 27.6 Å². The second kappa shape index (κ2) is 6.53. The highest BCUT2D eigenvalue weighted by Gasteiger charge is 2.17. The highest BCUT2D eigenvalue weighted by atomic mass is 16.5. The minimum absolute atomic E-state index is 0.270. The van der Waals surface area contributed by atoms with Gasteiger partial charge in [0, 0.05) is 31.7 Å². The highest BCUT2D eigenvalue weighted by Crippen LogP contribution is 2.06. The van der Waals surface area contributed by atoms with Crippen molar-refractivity contribution < 1.29 is 14.1 Å². The van der Waals surface area contributed by atoms with E-state index in [0.29, 0.717) is 18.1 Å². The van der Waals surface area contributed by atoms with Gasteiger partial charge in [-0.2, -0.15) is 0 Å². The van der Waals surface area contributed by atoms with Crippen molar-refractivity contribution in [3.63, 3.8) is 0 Å². The number of urea groups is 1. The molecule has 7 nitrogen and oxygen atoms in total. The van der Waals surface area contributed by atoms with Crippen LogP contribution >= 0.6 is 0 Å². The average molecular weight is 268 g/mol. The van der Waals surface area contributed by atoms with E-state index in [9.17, 15) is 4.79 Å². The average Bonchev–Trinajstić information content (AvgIpc) is 2.82.